The summed E-state index contributed by atoms with van der Waals surface area (Å²) in [6, 6.07) is 19.2. The van der Waals surface area contributed by atoms with Gasteiger partial charge in [0, 0.05) is 6.92 Å². The third kappa shape index (κ3) is 5.52. The monoisotopic (exact) mass is 390 g/mol. The summed E-state index contributed by atoms with van der Waals surface area (Å²) in [7, 11) is 0. The summed E-state index contributed by atoms with van der Waals surface area (Å²) >= 11 is 0. The quantitative estimate of drug-likeness (QED) is 0.476. The molecule has 0 aliphatic heterocycles. The van der Waals surface area contributed by atoms with E-state index in [2.05, 4.69) is 0 Å². The van der Waals surface area contributed by atoms with Crippen LogP contribution in [0.25, 0.3) is 0 Å². The topological polar surface area (TPSA) is 78.9 Å². The molecule has 146 valence electrons. The van der Waals surface area contributed by atoms with Gasteiger partial charge in [-0.25, -0.2) is 9.59 Å². The van der Waals surface area contributed by atoms with Gasteiger partial charge < -0.3 is 14.2 Å². The number of carbonyl (C=O) groups is 3. The van der Waals surface area contributed by atoms with E-state index < -0.39 is 17.9 Å². The van der Waals surface area contributed by atoms with Crippen molar-refractivity contribution in [3.63, 3.8) is 0 Å². The van der Waals surface area contributed by atoms with Crippen LogP contribution < -0.4 is 14.2 Å². The van der Waals surface area contributed by atoms with Gasteiger partial charge in [0.15, 0.2) is 0 Å². The lowest BCUT2D eigenvalue weighted by atomic mass is 10.1. The molecule has 0 N–H and O–H groups in total. The Morgan fingerprint density at radius 2 is 1.03 bits per heavy atom. The second-order valence-electron chi connectivity index (χ2n) is 6.24. The first-order valence-electron chi connectivity index (χ1n) is 8.80. The molecule has 0 fully saturated rings. The Hall–Kier alpha value is -3.93. The third-order valence-electron chi connectivity index (χ3n) is 3.86. The first-order chi connectivity index (χ1) is 13.9. The van der Waals surface area contributed by atoms with E-state index >= 15 is 0 Å². The molecule has 0 amide bonds. The lowest BCUT2D eigenvalue weighted by Crippen LogP contribution is -2.12. The molecule has 0 heterocycles. The van der Waals surface area contributed by atoms with Crippen LogP contribution in [-0.4, -0.2) is 17.9 Å². The highest BCUT2D eigenvalue weighted by Gasteiger charge is 2.14. The molecular formula is C23H18O6. The van der Waals surface area contributed by atoms with Gasteiger partial charge in [-0.3, -0.25) is 4.79 Å². The van der Waals surface area contributed by atoms with Gasteiger partial charge in [-0.05, 0) is 61.5 Å². The number of hydrogen-bond acceptors (Lipinski definition) is 6. The van der Waals surface area contributed by atoms with Crippen molar-refractivity contribution in [3.8, 4) is 17.2 Å². The minimum absolute atomic E-state index is 0.201. The highest BCUT2D eigenvalue weighted by molar-refractivity contribution is 5.96. The standard InChI is InChI=1S/C23H18O6/c1-15-6-8-20(9-7-15)28-22(25)17-4-3-5-18(14-17)23(26)29-21-12-10-19(11-13-21)27-16(2)24/h3-14H,1-2H3. The fourth-order valence-corrected chi connectivity index (χ4v) is 2.45. The zero-order chi connectivity index (χ0) is 20.8. The first-order valence-corrected chi connectivity index (χ1v) is 8.80. The molecule has 0 aromatic heterocycles. The Kier molecular flexibility index (Phi) is 6.04. The highest BCUT2D eigenvalue weighted by Crippen LogP contribution is 2.20. The van der Waals surface area contributed by atoms with E-state index in [1.807, 2.05) is 19.1 Å². The summed E-state index contributed by atoms with van der Waals surface area (Å²) in [5.41, 5.74) is 1.48. The number of carbonyl (C=O) groups excluding carboxylic acids is 3. The second-order valence-corrected chi connectivity index (χ2v) is 6.24. The van der Waals surface area contributed by atoms with Gasteiger partial charge in [0.05, 0.1) is 11.1 Å². The first kappa shape index (κ1) is 19.8. The summed E-state index contributed by atoms with van der Waals surface area (Å²) in [5.74, 6) is -0.605. The second kappa shape index (κ2) is 8.84. The molecular weight excluding hydrogens is 372 g/mol. The van der Waals surface area contributed by atoms with Crippen molar-refractivity contribution in [3.05, 3.63) is 89.5 Å². The minimum atomic E-state index is -0.629. The normalized spacial score (nSPS) is 10.1. The van der Waals surface area contributed by atoms with Gasteiger partial charge >= 0.3 is 17.9 Å². The van der Waals surface area contributed by atoms with Crippen molar-refractivity contribution in [2.75, 3.05) is 0 Å². The van der Waals surface area contributed by atoms with Gasteiger partial charge in [0.25, 0.3) is 0 Å². The molecule has 3 rings (SSSR count). The molecule has 3 aromatic carbocycles. The van der Waals surface area contributed by atoms with E-state index in [0.29, 0.717) is 11.5 Å². The zero-order valence-electron chi connectivity index (χ0n) is 15.9. The molecule has 0 saturated carbocycles. The van der Waals surface area contributed by atoms with Gasteiger partial charge in [0.2, 0.25) is 0 Å². The lowest BCUT2D eigenvalue weighted by Gasteiger charge is -2.08. The van der Waals surface area contributed by atoms with Crippen LogP contribution in [0.5, 0.6) is 17.2 Å². The third-order valence-corrected chi connectivity index (χ3v) is 3.86. The zero-order valence-corrected chi connectivity index (χ0v) is 15.9. The maximum atomic E-state index is 12.4. The van der Waals surface area contributed by atoms with E-state index in [4.69, 9.17) is 14.2 Å². The summed E-state index contributed by atoms with van der Waals surface area (Å²) in [6.07, 6.45) is 0. The predicted molar refractivity (Wildman–Crippen MR) is 105 cm³/mol. The number of ether oxygens (including phenoxy) is 3. The minimum Gasteiger partial charge on any atom is -0.427 e. The number of benzene rings is 3. The van der Waals surface area contributed by atoms with Crippen LogP contribution in [0.4, 0.5) is 0 Å². The Labute approximate surface area is 167 Å². The molecule has 0 atom stereocenters. The maximum absolute atomic E-state index is 12.4. The number of rotatable bonds is 5. The fourth-order valence-electron chi connectivity index (χ4n) is 2.45. The van der Waals surface area contributed by atoms with E-state index in [1.165, 1.54) is 43.3 Å². The van der Waals surface area contributed by atoms with Crippen LogP contribution in [0.2, 0.25) is 0 Å². The molecule has 0 saturated heterocycles. The van der Waals surface area contributed by atoms with Gasteiger partial charge in [0.1, 0.15) is 17.2 Å². The van der Waals surface area contributed by atoms with E-state index in [1.54, 1.807) is 24.3 Å². The van der Waals surface area contributed by atoms with E-state index in [0.717, 1.165) is 5.56 Å². The van der Waals surface area contributed by atoms with Crippen LogP contribution in [-0.2, 0) is 4.79 Å². The van der Waals surface area contributed by atoms with Gasteiger partial charge in [-0.2, -0.15) is 0 Å². The molecule has 6 nitrogen and oxygen atoms in total. The Balaban J connectivity index is 1.68. The van der Waals surface area contributed by atoms with Crippen LogP contribution in [0.3, 0.4) is 0 Å². The smallest absolute Gasteiger partial charge is 0.343 e. The molecule has 3 aromatic rings. The van der Waals surface area contributed by atoms with E-state index in [-0.39, 0.29) is 16.9 Å². The molecule has 29 heavy (non-hydrogen) atoms. The summed E-state index contributed by atoms with van der Waals surface area (Å²) in [4.78, 5) is 35.7. The SMILES string of the molecule is CC(=O)Oc1ccc(OC(=O)c2cccc(C(=O)Oc3ccc(C)cc3)c2)cc1. The Bertz CT molecular complexity index is 1040. The van der Waals surface area contributed by atoms with Crippen LogP contribution in [0, 0.1) is 6.92 Å². The Morgan fingerprint density at radius 3 is 1.48 bits per heavy atom. The lowest BCUT2D eigenvalue weighted by molar-refractivity contribution is -0.131. The number of esters is 3. The average Bonchev–Trinajstić information content (AvgIpc) is 2.71. The summed E-state index contributed by atoms with van der Waals surface area (Å²) in [5, 5.41) is 0. The Morgan fingerprint density at radius 1 is 0.621 bits per heavy atom. The molecule has 0 aliphatic rings. The largest absolute Gasteiger partial charge is 0.427 e. The van der Waals surface area contributed by atoms with Crippen molar-refractivity contribution in [2.45, 2.75) is 13.8 Å². The van der Waals surface area contributed by atoms with Crippen LogP contribution in [0.1, 0.15) is 33.2 Å². The van der Waals surface area contributed by atoms with Crippen molar-refractivity contribution in [2.24, 2.45) is 0 Å². The molecule has 0 bridgehead atoms. The molecule has 6 heteroatoms. The van der Waals surface area contributed by atoms with Crippen molar-refractivity contribution >= 4 is 17.9 Å². The molecule has 0 spiro atoms. The molecule has 0 radical (unpaired) electrons. The maximum Gasteiger partial charge on any atom is 0.343 e. The highest BCUT2D eigenvalue weighted by atomic mass is 16.5. The molecule has 0 unspecified atom stereocenters. The van der Waals surface area contributed by atoms with Crippen molar-refractivity contribution in [1.82, 2.24) is 0 Å². The van der Waals surface area contributed by atoms with E-state index in [9.17, 15) is 14.4 Å². The van der Waals surface area contributed by atoms with Crippen molar-refractivity contribution in [1.29, 1.82) is 0 Å². The number of hydrogen-bond donors (Lipinski definition) is 0. The van der Waals surface area contributed by atoms with Crippen molar-refractivity contribution < 1.29 is 28.6 Å². The molecule has 0 aliphatic carbocycles. The van der Waals surface area contributed by atoms with Gasteiger partial charge in [-0.1, -0.05) is 23.8 Å². The summed E-state index contributed by atoms with van der Waals surface area (Å²) < 4.78 is 15.5. The van der Waals surface area contributed by atoms with Gasteiger partial charge in [-0.15, -0.1) is 0 Å². The number of aryl methyl sites for hydroxylation is 1. The van der Waals surface area contributed by atoms with Crippen LogP contribution >= 0.6 is 0 Å². The average molecular weight is 390 g/mol. The predicted octanol–water partition coefficient (Wildman–Crippen LogP) is 4.36. The summed E-state index contributed by atoms with van der Waals surface area (Å²) in [6.45, 7) is 3.23. The fraction of sp³-hybridized carbons (Fsp3) is 0.0870. The van der Waals surface area contributed by atoms with Crippen LogP contribution in [0.15, 0.2) is 72.8 Å².